The fourth-order valence-electron chi connectivity index (χ4n) is 3.69. The van der Waals surface area contributed by atoms with Crippen molar-refractivity contribution in [3.05, 3.63) is 53.8 Å². The lowest BCUT2D eigenvalue weighted by atomic mass is 10.1. The molecular weight excluding hydrogens is 409 g/mol. The Morgan fingerprint density at radius 2 is 1.73 bits per heavy atom. The summed E-state index contributed by atoms with van der Waals surface area (Å²) < 4.78 is 49.2. The van der Waals surface area contributed by atoms with E-state index in [-0.39, 0.29) is 10.8 Å². The Balaban J connectivity index is 1.56. The van der Waals surface area contributed by atoms with Crippen LogP contribution >= 0.6 is 0 Å². The molecule has 1 amide bonds. The number of nitrogens with zero attached hydrogens (tertiary/aromatic N) is 1. The standard InChI is InChI=1S/C22H26FNO5S/c1-28-18-7-3-16(21(15-18)29-2)4-10-22(25)24-13-11-20(12-14-24)30(26,27)19-8-5-17(23)6-9-19/h3,5-9,15,20H,4,10-14H2,1-2H3. The SMILES string of the molecule is COc1ccc(CCC(=O)N2CCC(S(=O)(=O)c3ccc(F)cc3)CC2)c(OC)c1. The van der Waals surface area contributed by atoms with Crippen LogP contribution < -0.4 is 9.47 Å². The molecule has 162 valence electrons. The van der Waals surface area contributed by atoms with E-state index in [0.717, 1.165) is 17.7 Å². The topological polar surface area (TPSA) is 72.9 Å². The van der Waals surface area contributed by atoms with Crippen molar-refractivity contribution in [1.29, 1.82) is 0 Å². The van der Waals surface area contributed by atoms with E-state index < -0.39 is 20.9 Å². The van der Waals surface area contributed by atoms with Crippen LogP contribution in [0.4, 0.5) is 4.39 Å². The second kappa shape index (κ2) is 9.47. The number of hydrogen-bond donors (Lipinski definition) is 0. The van der Waals surface area contributed by atoms with E-state index in [0.29, 0.717) is 50.3 Å². The molecule has 8 heteroatoms. The van der Waals surface area contributed by atoms with Crippen LogP contribution in [0.15, 0.2) is 47.4 Å². The first kappa shape index (κ1) is 22.1. The van der Waals surface area contributed by atoms with Gasteiger partial charge < -0.3 is 14.4 Å². The molecule has 2 aromatic carbocycles. The van der Waals surface area contributed by atoms with Crippen LogP contribution in [0.2, 0.25) is 0 Å². The number of carbonyl (C=O) groups is 1. The summed E-state index contributed by atoms with van der Waals surface area (Å²) in [5, 5.41) is -0.561. The summed E-state index contributed by atoms with van der Waals surface area (Å²) in [4.78, 5) is 14.5. The number of hydrogen-bond acceptors (Lipinski definition) is 5. The van der Waals surface area contributed by atoms with E-state index >= 15 is 0 Å². The van der Waals surface area contributed by atoms with Crippen molar-refractivity contribution in [2.45, 2.75) is 35.8 Å². The number of carbonyl (C=O) groups excluding carboxylic acids is 1. The van der Waals surface area contributed by atoms with Gasteiger partial charge in [0.25, 0.3) is 0 Å². The van der Waals surface area contributed by atoms with Crippen molar-refractivity contribution in [3.63, 3.8) is 0 Å². The van der Waals surface area contributed by atoms with Crippen molar-refractivity contribution in [3.8, 4) is 11.5 Å². The lowest BCUT2D eigenvalue weighted by molar-refractivity contribution is -0.132. The predicted octanol–water partition coefficient (Wildman–Crippen LogP) is 3.24. The van der Waals surface area contributed by atoms with Crippen LogP contribution in [0, 0.1) is 5.82 Å². The van der Waals surface area contributed by atoms with Gasteiger partial charge in [0, 0.05) is 25.6 Å². The van der Waals surface area contributed by atoms with Crippen molar-refractivity contribution < 1.29 is 27.1 Å². The van der Waals surface area contributed by atoms with Gasteiger partial charge in [-0.3, -0.25) is 4.79 Å². The molecule has 2 aromatic rings. The van der Waals surface area contributed by atoms with Gasteiger partial charge in [0.2, 0.25) is 5.91 Å². The molecule has 0 atom stereocenters. The molecule has 0 N–H and O–H groups in total. The molecule has 1 saturated heterocycles. The molecule has 6 nitrogen and oxygen atoms in total. The normalized spacial score (nSPS) is 15.1. The van der Waals surface area contributed by atoms with E-state index in [1.807, 2.05) is 12.1 Å². The number of methoxy groups -OCH3 is 2. The first-order chi connectivity index (χ1) is 14.3. The van der Waals surface area contributed by atoms with Gasteiger partial charge in [-0.25, -0.2) is 12.8 Å². The summed E-state index contributed by atoms with van der Waals surface area (Å²) in [7, 11) is -0.375. The lowest BCUT2D eigenvalue weighted by Crippen LogP contribution is -2.42. The number of ether oxygens (including phenoxy) is 2. The maximum atomic E-state index is 13.1. The van der Waals surface area contributed by atoms with Crippen molar-refractivity contribution in [2.75, 3.05) is 27.3 Å². The number of likely N-dealkylation sites (tertiary alicyclic amines) is 1. The van der Waals surface area contributed by atoms with Gasteiger partial charge in [-0.1, -0.05) is 6.07 Å². The zero-order valence-electron chi connectivity index (χ0n) is 17.1. The number of amides is 1. The number of benzene rings is 2. The van der Waals surface area contributed by atoms with Crippen LogP contribution in [-0.2, 0) is 21.1 Å². The minimum atomic E-state index is -3.53. The molecule has 1 aliphatic heterocycles. The first-order valence-corrected chi connectivity index (χ1v) is 11.4. The monoisotopic (exact) mass is 435 g/mol. The van der Waals surface area contributed by atoms with E-state index in [9.17, 15) is 17.6 Å². The molecule has 30 heavy (non-hydrogen) atoms. The second-order valence-corrected chi connectivity index (χ2v) is 9.48. The molecule has 3 rings (SSSR count). The molecule has 0 aromatic heterocycles. The fraction of sp³-hybridized carbons (Fsp3) is 0.409. The van der Waals surface area contributed by atoms with Gasteiger partial charge >= 0.3 is 0 Å². The predicted molar refractivity (Wildman–Crippen MR) is 111 cm³/mol. The summed E-state index contributed by atoms with van der Waals surface area (Å²) in [5.41, 5.74) is 0.917. The Hall–Kier alpha value is -2.61. The fourth-order valence-corrected chi connectivity index (χ4v) is 5.42. The molecule has 0 saturated carbocycles. The molecule has 0 bridgehead atoms. The molecule has 1 fully saturated rings. The maximum absolute atomic E-state index is 13.1. The average molecular weight is 436 g/mol. The number of rotatable bonds is 7. The summed E-state index contributed by atoms with van der Waals surface area (Å²) in [5.74, 6) is 0.881. The van der Waals surface area contributed by atoms with Crippen molar-refractivity contribution in [1.82, 2.24) is 4.90 Å². The van der Waals surface area contributed by atoms with Gasteiger partial charge in [0.1, 0.15) is 17.3 Å². The summed E-state index contributed by atoms with van der Waals surface area (Å²) in [6.07, 6.45) is 1.59. The number of sulfone groups is 1. The van der Waals surface area contributed by atoms with E-state index in [2.05, 4.69) is 0 Å². The maximum Gasteiger partial charge on any atom is 0.222 e. The van der Waals surface area contributed by atoms with Crippen molar-refractivity contribution >= 4 is 15.7 Å². The largest absolute Gasteiger partial charge is 0.497 e. The third-order valence-electron chi connectivity index (χ3n) is 5.48. The molecular formula is C22H26FNO5S. The minimum absolute atomic E-state index is 0.00880. The summed E-state index contributed by atoms with van der Waals surface area (Å²) in [6, 6.07) is 10.4. The number of halogens is 1. The molecule has 0 unspecified atom stereocenters. The molecule has 0 aliphatic carbocycles. The van der Waals surface area contributed by atoms with Gasteiger partial charge in [0.05, 0.1) is 24.4 Å². The van der Waals surface area contributed by atoms with Crippen molar-refractivity contribution in [2.24, 2.45) is 0 Å². The first-order valence-electron chi connectivity index (χ1n) is 9.83. The highest BCUT2D eigenvalue weighted by Gasteiger charge is 2.32. The summed E-state index contributed by atoms with van der Waals surface area (Å²) >= 11 is 0. The summed E-state index contributed by atoms with van der Waals surface area (Å²) in [6.45, 7) is 0.785. The Kier molecular flexibility index (Phi) is 6.97. The molecule has 0 radical (unpaired) electrons. The van der Waals surface area contributed by atoms with Crippen LogP contribution in [0.5, 0.6) is 11.5 Å². The van der Waals surface area contributed by atoms with Crippen LogP contribution in [-0.4, -0.2) is 51.8 Å². The van der Waals surface area contributed by atoms with E-state index in [1.165, 1.54) is 12.1 Å². The highest BCUT2D eigenvalue weighted by molar-refractivity contribution is 7.92. The Morgan fingerprint density at radius 3 is 2.33 bits per heavy atom. The van der Waals surface area contributed by atoms with E-state index in [1.54, 1.807) is 25.2 Å². The Morgan fingerprint density at radius 1 is 1.07 bits per heavy atom. The number of aryl methyl sites for hydroxylation is 1. The quantitative estimate of drug-likeness (QED) is 0.625. The van der Waals surface area contributed by atoms with Gasteiger partial charge in [-0.2, -0.15) is 0 Å². The molecule has 0 spiro atoms. The molecule has 1 heterocycles. The highest BCUT2D eigenvalue weighted by Crippen LogP contribution is 2.27. The van der Waals surface area contributed by atoms with Gasteiger partial charge in [0.15, 0.2) is 9.84 Å². The van der Waals surface area contributed by atoms with Gasteiger partial charge in [-0.15, -0.1) is 0 Å². The third-order valence-corrected chi connectivity index (χ3v) is 7.76. The Bertz CT molecular complexity index is 983. The van der Waals surface area contributed by atoms with E-state index in [4.69, 9.17) is 9.47 Å². The zero-order chi connectivity index (χ0) is 21.7. The average Bonchev–Trinajstić information content (AvgIpc) is 2.77. The van der Waals surface area contributed by atoms with Crippen LogP contribution in [0.3, 0.4) is 0 Å². The second-order valence-electron chi connectivity index (χ2n) is 7.26. The number of piperidine rings is 1. The van der Waals surface area contributed by atoms with Crippen LogP contribution in [0.25, 0.3) is 0 Å². The lowest BCUT2D eigenvalue weighted by Gasteiger charge is -2.32. The van der Waals surface area contributed by atoms with Crippen LogP contribution in [0.1, 0.15) is 24.8 Å². The third kappa shape index (κ3) is 4.92. The smallest absolute Gasteiger partial charge is 0.222 e. The zero-order valence-corrected chi connectivity index (χ0v) is 18.0. The highest BCUT2D eigenvalue weighted by atomic mass is 32.2. The molecule has 1 aliphatic rings. The van der Waals surface area contributed by atoms with Gasteiger partial charge in [-0.05, 0) is 55.2 Å². The minimum Gasteiger partial charge on any atom is -0.497 e. The Labute approximate surface area is 176 Å².